The van der Waals surface area contributed by atoms with Crippen LogP contribution in [0.5, 0.6) is 0 Å². The summed E-state index contributed by atoms with van der Waals surface area (Å²) >= 11 is 1.90. The summed E-state index contributed by atoms with van der Waals surface area (Å²) in [6, 6.07) is 74.5. The lowest BCUT2D eigenvalue weighted by molar-refractivity contribution is 1.18. The molecule has 2 heterocycles. The van der Waals surface area contributed by atoms with Crippen LogP contribution in [0.15, 0.2) is 200 Å². The molecule has 13 rings (SSSR count). The third-order valence-electron chi connectivity index (χ3n) is 12.5. The Balaban J connectivity index is 1.06. The highest BCUT2D eigenvalue weighted by Gasteiger charge is 2.20. The lowest BCUT2D eigenvalue weighted by atomic mass is 9.85. The molecule has 0 radical (unpaired) electrons. The minimum atomic E-state index is 1.17. The summed E-state index contributed by atoms with van der Waals surface area (Å²) in [6.07, 6.45) is 0. The molecule has 0 spiro atoms. The van der Waals surface area contributed by atoms with Gasteiger partial charge in [0.15, 0.2) is 0 Å². The first-order chi connectivity index (χ1) is 28.8. The Morgan fingerprint density at radius 2 is 0.690 bits per heavy atom. The maximum atomic E-state index is 2.46. The minimum absolute atomic E-state index is 1.17. The van der Waals surface area contributed by atoms with E-state index in [1.807, 2.05) is 11.3 Å². The number of benzene rings is 11. The summed E-state index contributed by atoms with van der Waals surface area (Å²) in [4.78, 5) is 0. The standard InChI is InChI=1S/C56H33NS/c1-2-14-36(15-3-1)57-51-25-13-12-20-41(51)48-30-34(26-28-52(48)57)55-42-21-8-10-23-44(42)56(45-24-11-9-22-43(45)55)35-27-29-53-49(31-35)50-32-46-39-18-6-4-16-37(39)38-17-5-7-19-40(38)47(46)33-54(50)58-53/h1-33H. The highest BCUT2D eigenvalue weighted by molar-refractivity contribution is 7.25. The highest BCUT2D eigenvalue weighted by Crippen LogP contribution is 2.47. The van der Waals surface area contributed by atoms with Gasteiger partial charge in [-0.15, -0.1) is 11.3 Å². The van der Waals surface area contributed by atoms with Crippen LogP contribution >= 0.6 is 11.3 Å². The van der Waals surface area contributed by atoms with Gasteiger partial charge in [-0.25, -0.2) is 0 Å². The first kappa shape index (κ1) is 31.9. The molecule has 0 aliphatic heterocycles. The summed E-state index contributed by atoms with van der Waals surface area (Å²) in [6.45, 7) is 0. The third-order valence-corrected chi connectivity index (χ3v) is 13.7. The average molecular weight is 752 g/mol. The molecule has 0 atom stereocenters. The molecule has 0 unspecified atom stereocenters. The fraction of sp³-hybridized carbons (Fsp3) is 0. The summed E-state index contributed by atoms with van der Waals surface area (Å²) in [5.41, 5.74) is 8.65. The molecule has 11 aromatic carbocycles. The molecule has 2 heteroatoms. The van der Waals surface area contributed by atoms with Crippen LogP contribution < -0.4 is 0 Å². The largest absolute Gasteiger partial charge is 0.309 e. The van der Waals surface area contributed by atoms with Crippen molar-refractivity contribution < 1.29 is 0 Å². The number of rotatable bonds is 3. The van der Waals surface area contributed by atoms with Gasteiger partial charge >= 0.3 is 0 Å². The van der Waals surface area contributed by atoms with E-state index >= 15 is 0 Å². The molecule has 13 aromatic rings. The molecule has 0 saturated heterocycles. The van der Waals surface area contributed by atoms with Crippen molar-refractivity contribution in [3.63, 3.8) is 0 Å². The van der Waals surface area contributed by atoms with Crippen molar-refractivity contribution in [3.05, 3.63) is 200 Å². The Kier molecular flexibility index (Phi) is 6.66. The Morgan fingerprint density at radius 3 is 1.29 bits per heavy atom. The van der Waals surface area contributed by atoms with E-state index in [0.29, 0.717) is 0 Å². The van der Waals surface area contributed by atoms with Crippen LogP contribution in [0.3, 0.4) is 0 Å². The van der Waals surface area contributed by atoms with Gasteiger partial charge < -0.3 is 4.57 Å². The van der Waals surface area contributed by atoms with Crippen LogP contribution in [0.4, 0.5) is 0 Å². The predicted molar refractivity (Wildman–Crippen MR) is 252 cm³/mol. The average Bonchev–Trinajstić information content (AvgIpc) is 3.82. The number of fused-ring (bicyclic) bond motifs is 14. The maximum Gasteiger partial charge on any atom is 0.0541 e. The molecular weight excluding hydrogens is 719 g/mol. The summed E-state index contributed by atoms with van der Waals surface area (Å²) in [7, 11) is 0. The minimum Gasteiger partial charge on any atom is -0.309 e. The molecule has 0 bridgehead atoms. The summed E-state index contributed by atoms with van der Waals surface area (Å²) in [5.74, 6) is 0. The van der Waals surface area contributed by atoms with Crippen LogP contribution in [-0.2, 0) is 0 Å². The van der Waals surface area contributed by atoms with E-state index < -0.39 is 0 Å². The molecule has 0 saturated carbocycles. The predicted octanol–water partition coefficient (Wildman–Crippen LogP) is 16.3. The molecule has 268 valence electrons. The van der Waals surface area contributed by atoms with E-state index in [1.54, 1.807) is 0 Å². The molecule has 0 fully saturated rings. The number of hydrogen-bond donors (Lipinski definition) is 0. The van der Waals surface area contributed by atoms with Crippen LogP contribution in [0.1, 0.15) is 0 Å². The molecule has 2 aromatic heterocycles. The van der Waals surface area contributed by atoms with Gasteiger partial charge in [0.1, 0.15) is 0 Å². The molecule has 58 heavy (non-hydrogen) atoms. The van der Waals surface area contributed by atoms with Crippen molar-refractivity contribution in [1.82, 2.24) is 4.57 Å². The van der Waals surface area contributed by atoms with Crippen molar-refractivity contribution >= 4 is 107 Å². The second kappa shape index (κ2) is 12.1. The number of para-hydroxylation sites is 2. The zero-order valence-corrected chi connectivity index (χ0v) is 32.2. The van der Waals surface area contributed by atoms with Gasteiger partial charge in [-0.05, 0) is 131 Å². The summed E-state index contributed by atoms with van der Waals surface area (Å²) < 4.78 is 5.04. The van der Waals surface area contributed by atoms with E-state index in [0.717, 1.165) is 0 Å². The van der Waals surface area contributed by atoms with Crippen LogP contribution in [-0.4, -0.2) is 4.57 Å². The number of hydrogen-bond acceptors (Lipinski definition) is 1. The second-order valence-corrected chi connectivity index (χ2v) is 16.6. The zero-order valence-electron chi connectivity index (χ0n) is 31.4. The van der Waals surface area contributed by atoms with Crippen LogP contribution in [0.2, 0.25) is 0 Å². The van der Waals surface area contributed by atoms with Gasteiger partial charge in [0.2, 0.25) is 0 Å². The van der Waals surface area contributed by atoms with E-state index in [9.17, 15) is 0 Å². The van der Waals surface area contributed by atoms with Gasteiger partial charge in [-0.1, -0.05) is 146 Å². The van der Waals surface area contributed by atoms with Gasteiger partial charge in [0.25, 0.3) is 0 Å². The van der Waals surface area contributed by atoms with Crippen molar-refractivity contribution in [2.75, 3.05) is 0 Å². The molecule has 0 aliphatic rings. The Bertz CT molecular complexity index is 3790. The van der Waals surface area contributed by atoms with Gasteiger partial charge in [0.05, 0.1) is 11.0 Å². The molecule has 0 N–H and O–H groups in total. The van der Waals surface area contributed by atoms with Crippen molar-refractivity contribution in [1.29, 1.82) is 0 Å². The third kappa shape index (κ3) is 4.46. The lowest BCUT2D eigenvalue weighted by Crippen LogP contribution is -1.93. The number of thiophene rings is 1. The van der Waals surface area contributed by atoms with Crippen LogP contribution in [0.25, 0.3) is 124 Å². The Hall–Kier alpha value is -7.26. The fourth-order valence-corrected chi connectivity index (χ4v) is 11.2. The van der Waals surface area contributed by atoms with Gasteiger partial charge in [-0.3, -0.25) is 0 Å². The molecule has 1 nitrogen and oxygen atoms in total. The van der Waals surface area contributed by atoms with E-state index in [2.05, 4.69) is 205 Å². The lowest BCUT2D eigenvalue weighted by Gasteiger charge is -2.18. The summed E-state index contributed by atoms with van der Waals surface area (Å²) in [5, 5.41) is 18.1. The molecule has 0 amide bonds. The van der Waals surface area contributed by atoms with Gasteiger partial charge in [-0.2, -0.15) is 0 Å². The van der Waals surface area contributed by atoms with E-state index in [4.69, 9.17) is 0 Å². The van der Waals surface area contributed by atoms with Crippen molar-refractivity contribution in [2.24, 2.45) is 0 Å². The quantitative estimate of drug-likeness (QED) is 0.125. The first-order valence-corrected chi connectivity index (χ1v) is 20.8. The Morgan fingerprint density at radius 1 is 0.259 bits per heavy atom. The second-order valence-electron chi connectivity index (χ2n) is 15.6. The topological polar surface area (TPSA) is 4.93 Å². The van der Waals surface area contributed by atoms with Crippen LogP contribution in [0, 0.1) is 0 Å². The van der Waals surface area contributed by atoms with E-state index in [1.165, 1.54) is 124 Å². The Labute approximate surface area is 338 Å². The maximum absolute atomic E-state index is 2.46. The normalized spacial score (nSPS) is 12.1. The number of nitrogens with zero attached hydrogens (tertiary/aromatic N) is 1. The van der Waals surface area contributed by atoms with Gasteiger partial charge in [0, 0.05) is 36.6 Å². The van der Waals surface area contributed by atoms with Crippen molar-refractivity contribution in [2.45, 2.75) is 0 Å². The first-order valence-electron chi connectivity index (χ1n) is 20.0. The number of aromatic nitrogens is 1. The molecular formula is C56H33NS. The monoisotopic (exact) mass is 751 g/mol. The fourth-order valence-electron chi connectivity index (χ4n) is 10.1. The SMILES string of the molecule is c1ccc(-n2c3ccccc3c3cc(-c4c5ccccc5c(-c5ccc6sc7cc8c9ccccc9c9ccccc9c8cc7c6c5)c5ccccc45)ccc32)cc1. The highest BCUT2D eigenvalue weighted by atomic mass is 32.1. The van der Waals surface area contributed by atoms with Crippen molar-refractivity contribution in [3.8, 4) is 27.9 Å². The zero-order chi connectivity index (χ0) is 37.9. The smallest absolute Gasteiger partial charge is 0.0541 e. The molecule has 0 aliphatic carbocycles. The van der Waals surface area contributed by atoms with E-state index in [-0.39, 0.29) is 0 Å².